The Morgan fingerprint density at radius 2 is 1.71 bits per heavy atom. The van der Waals surface area contributed by atoms with Gasteiger partial charge in [-0.05, 0) is 38.1 Å². The zero-order valence-corrected chi connectivity index (χ0v) is 17.4. The van der Waals surface area contributed by atoms with E-state index in [1.54, 1.807) is 11.1 Å². The maximum Gasteiger partial charge on any atom is 0.269 e. The average Bonchev–Trinajstić information content (AvgIpc) is 2.81. The zero-order valence-electron chi connectivity index (χ0n) is 17.4. The molecule has 3 aromatic rings. The Bertz CT molecular complexity index is 1110. The van der Waals surface area contributed by atoms with Crippen LogP contribution in [0.3, 0.4) is 0 Å². The number of benzene rings is 1. The van der Waals surface area contributed by atoms with Gasteiger partial charge in [-0.25, -0.2) is 9.97 Å². The number of hydrogen-bond acceptors (Lipinski definition) is 7. The van der Waals surface area contributed by atoms with Crippen molar-refractivity contribution in [3.05, 3.63) is 75.6 Å². The normalized spacial score (nSPS) is 13.9. The Balaban J connectivity index is 1.49. The van der Waals surface area contributed by atoms with E-state index < -0.39 is 4.92 Å². The predicted octanol–water partition coefficient (Wildman–Crippen LogP) is 3.03. The lowest BCUT2D eigenvalue weighted by Gasteiger charge is -2.36. The van der Waals surface area contributed by atoms with Crippen LogP contribution in [-0.4, -0.2) is 56.9 Å². The molecule has 4 rings (SSSR count). The summed E-state index contributed by atoms with van der Waals surface area (Å²) in [6.07, 6.45) is 1.72. The highest BCUT2D eigenvalue weighted by Crippen LogP contribution is 2.25. The highest BCUT2D eigenvalue weighted by atomic mass is 16.6. The van der Waals surface area contributed by atoms with E-state index in [-0.39, 0.29) is 11.6 Å². The highest BCUT2D eigenvalue weighted by Gasteiger charge is 2.25. The molecule has 0 saturated carbocycles. The number of carbonyl (C=O) groups is 1. The van der Waals surface area contributed by atoms with Crippen molar-refractivity contribution in [1.29, 1.82) is 0 Å². The topological polar surface area (TPSA) is 105 Å². The van der Waals surface area contributed by atoms with E-state index in [1.165, 1.54) is 24.3 Å². The van der Waals surface area contributed by atoms with Crippen molar-refractivity contribution in [3.63, 3.8) is 0 Å². The molecule has 3 heterocycles. The van der Waals surface area contributed by atoms with Crippen LogP contribution >= 0.6 is 0 Å². The second kappa shape index (κ2) is 8.47. The van der Waals surface area contributed by atoms with Gasteiger partial charge in [-0.1, -0.05) is 6.07 Å². The molecule has 9 heteroatoms. The van der Waals surface area contributed by atoms with Gasteiger partial charge in [0.2, 0.25) is 0 Å². The molecular formula is C22H22N6O3. The number of aromatic nitrogens is 3. The Labute approximate surface area is 179 Å². The minimum atomic E-state index is -0.474. The molecule has 2 aromatic heterocycles. The summed E-state index contributed by atoms with van der Waals surface area (Å²) < 4.78 is 0. The third kappa shape index (κ3) is 4.20. The minimum absolute atomic E-state index is 0.0281. The van der Waals surface area contributed by atoms with Gasteiger partial charge in [-0.3, -0.25) is 19.9 Å². The van der Waals surface area contributed by atoms with E-state index >= 15 is 0 Å². The number of anilines is 1. The summed E-state index contributed by atoms with van der Waals surface area (Å²) in [6.45, 7) is 6.31. The molecule has 1 amide bonds. The molecule has 0 radical (unpaired) electrons. The van der Waals surface area contributed by atoms with Crippen LogP contribution in [0.1, 0.15) is 21.6 Å². The van der Waals surface area contributed by atoms with Crippen molar-refractivity contribution in [2.24, 2.45) is 0 Å². The smallest absolute Gasteiger partial charge is 0.269 e. The third-order valence-electron chi connectivity index (χ3n) is 5.45. The lowest BCUT2D eigenvalue weighted by Crippen LogP contribution is -2.49. The summed E-state index contributed by atoms with van der Waals surface area (Å²) in [6, 6.07) is 11.4. The van der Waals surface area contributed by atoms with Gasteiger partial charge in [0.1, 0.15) is 11.5 Å². The third-order valence-corrected chi connectivity index (χ3v) is 5.45. The molecule has 158 valence electrons. The van der Waals surface area contributed by atoms with E-state index in [1.807, 2.05) is 32.0 Å². The number of nitrogens with zero attached hydrogens (tertiary/aromatic N) is 6. The van der Waals surface area contributed by atoms with Gasteiger partial charge in [0, 0.05) is 61.3 Å². The molecule has 1 saturated heterocycles. The van der Waals surface area contributed by atoms with Gasteiger partial charge in [-0.2, -0.15) is 0 Å². The van der Waals surface area contributed by atoms with Crippen LogP contribution in [0.15, 0.2) is 48.7 Å². The molecule has 0 atom stereocenters. The Hall–Kier alpha value is -3.88. The number of non-ortho nitro benzene ring substituents is 1. The number of rotatable bonds is 4. The van der Waals surface area contributed by atoms with Gasteiger partial charge in [0.25, 0.3) is 11.6 Å². The van der Waals surface area contributed by atoms with Crippen molar-refractivity contribution in [2.75, 3.05) is 31.1 Å². The summed E-state index contributed by atoms with van der Waals surface area (Å²) in [5.41, 5.74) is 3.05. The van der Waals surface area contributed by atoms with E-state index in [0.717, 1.165) is 22.8 Å². The molecule has 0 aliphatic carbocycles. The number of pyridine rings is 1. The van der Waals surface area contributed by atoms with Crippen LogP contribution in [0.4, 0.5) is 11.5 Å². The van der Waals surface area contributed by atoms with Crippen LogP contribution in [0.25, 0.3) is 11.5 Å². The van der Waals surface area contributed by atoms with E-state index in [0.29, 0.717) is 37.6 Å². The first-order chi connectivity index (χ1) is 14.9. The molecular weight excluding hydrogens is 396 g/mol. The molecule has 1 fully saturated rings. The first-order valence-electron chi connectivity index (χ1n) is 9.99. The summed E-state index contributed by atoms with van der Waals surface area (Å²) >= 11 is 0. The van der Waals surface area contributed by atoms with Gasteiger partial charge >= 0.3 is 0 Å². The van der Waals surface area contributed by atoms with Crippen LogP contribution in [0.2, 0.25) is 0 Å². The molecule has 1 aliphatic rings. The molecule has 1 aliphatic heterocycles. The van der Waals surface area contributed by atoms with Crippen LogP contribution in [0.5, 0.6) is 0 Å². The second-order valence-corrected chi connectivity index (χ2v) is 7.38. The van der Waals surface area contributed by atoms with E-state index in [9.17, 15) is 14.9 Å². The largest absolute Gasteiger partial charge is 0.353 e. The molecule has 0 N–H and O–H groups in total. The van der Waals surface area contributed by atoms with Gasteiger partial charge in [0.05, 0.1) is 4.92 Å². The number of nitro groups is 1. The lowest BCUT2D eigenvalue weighted by molar-refractivity contribution is -0.384. The van der Waals surface area contributed by atoms with Gasteiger partial charge in [0.15, 0.2) is 5.82 Å². The van der Waals surface area contributed by atoms with E-state index in [4.69, 9.17) is 4.98 Å². The summed E-state index contributed by atoms with van der Waals surface area (Å²) in [4.78, 5) is 40.8. The fraction of sp³-hybridized carbons (Fsp3) is 0.273. The highest BCUT2D eigenvalue weighted by molar-refractivity contribution is 5.94. The number of carbonyl (C=O) groups excluding carboxylic acids is 1. The Morgan fingerprint density at radius 3 is 2.32 bits per heavy atom. The summed E-state index contributed by atoms with van der Waals surface area (Å²) in [5, 5.41) is 10.8. The molecule has 1 aromatic carbocycles. The van der Waals surface area contributed by atoms with Crippen LogP contribution in [-0.2, 0) is 0 Å². The van der Waals surface area contributed by atoms with Crippen molar-refractivity contribution < 1.29 is 9.72 Å². The lowest BCUT2D eigenvalue weighted by atomic mass is 10.1. The summed E-state index contributed by atoms with van der Waals surface area (Å²) in [7, 11) is 0. The molecule has 31 heavy (non-hydrogen) atoms. The minimum Gasteiger partial charge on any atom is -0.353 e. The first-order valence-corrected chi connectivity index (χ1v) is 9.99. The monoisotopic (exact) mass is 418 g/mol. The van der Waals surface area contributed by atoms with Crippen molar-refractivity contribution in [1.82, 2.24) is 19.9 Å². The SMILES string of the molecule is Cc1nc(-c2ccccn2)nc(N2CCN(C(=O)c3ccc([N+](=O)[O-])cc3)CC2)c1C. The van der Waals surface area contributed by atoms with Gasteiger partial charge < -0.3 is 9.80 Å². The standard InChI is InChI=1S/C22H22N6O3/c1-15-16(2)24-20(19-5-3-4-10-23-19)25-21(15)26-11-13-27(14-12-26)22(29)17-6-8-18(9-7-17)28(30)31/h3-10H,11-14H2,1-2H3. The number of piperazine rings is 1. The number of nitro benzene ring substituents is 1. The Kier molecular flexibility index (Phi) is 5.57. The predicted molar refractivity (Wildman–Crippen MR) is 116 cm³/mol. The molecule has 0 bridgehead atoms. The quantitative estimate of drug-likeness (QED) is 0.474. The summed E-state index contributed by atoms with van der Waals surface area (Å²) in [5.74, 6) is 1.32. The average molecular weight is 418 g/mol. The number of aryl methyl sites for hydroxylation is 1. The fourth-order valence-electron chi connectivity index (χ4n) is 3.56. The van der Waals surface area contributed by atoms with Crippen molar-refractivity contribution >= 4 is 17.4 Å². The van der Waals surface area contributed by atoms with Crippen LogP contribution < -0.4 is 4.90 Å². The second-order valence-electron chi connectivity index (χ2n) is 7.38. The van der Waals surface area contributed by atoms with Crippen molar-refractivity contribution in [2.45, 2.75) is 13.8 Å². The van der Waals surface area contributed by atoms with Crippen LogP contribution in [0, 0.1) is 24.0 Å². The molecule has 0 spiro atoms. The number of hydrogen-bond donors (Lipinski definition) is 0. The molecule has 0 unspecified atom stereocenters. The zero-order chi connectivity index (χ0) is 22.0. The van der Waals surface area contributed by atoms with Gasteiger partial charge in [-0.15, -0.1) is 0 Å². The fourth-order valence-corrected chi connectivity index (χ4v) is 3.56. The Morgan fingerprint density at radius 1 is 1.00 bits per heavy atom. The maximum absolute atomic E-state index is 12.8. The van der Waals surface area contributed by atoms with E-state index in [2.05, 4.69) is 14.9 Å². The number of amides is 1. The molecule has 9 nitrogen and oxygen atoms in total. The maximum atomic E-state index is 12.8. The van der Waals surface area contributed by atoms with Crippen molar-refractivity contribution in [3.8, 4) is 11.5 Å². The first kappa shape index (κ1) is 20.4.